The average Bonchev–Trinajstić information content (AvgIpc) is 3.10. The third kappa shape index (κ3) is 3.65. The van der Waals surface area contributed by atoms with Crippen LogP contribution in [0.4, 0.5) is 0 Å². The summed E-state index contributed by atoms with van der Waals surface area (Å²) >= 11 is 6.11. The number of nitrogens with one attached hydrogen (secondary N) is 1. The SMILES string of the molecule is O=C(NC1CCN(C2CCCCC2)C1)c1cc(Cl)nc2ccccc12. The molecule has 1 saturated heterocycles. The maximum Gasteiger partial charge on any atom is 0.252 e. The summed E-state index contributed by atoms with van der Waals surface area (Å²) in [6.07, 6.45) is 7.72. The van der Waals surface area contributed by atoms with Crippen LogP contribution in [-0.2, 0) is 0 Å². The van der Waals surface area contributed by atoms with Gasteiger partial charge in [0.15, 0.2) is 0 Å². The van der Waals surface area contributed by atoms with E-state index in [0.29, 0.717) is 16.8 Å². The van der Waals surface area contributed by atoms with Gasteiger partial charge in [-0.15, -0.1) is 0 Å². The minimum atomic E-state index is -0.0454. The maximum absolute atomic E-state index is 12.8. The van der Waals surface area contributed by atoms with Gasteiger partial charge in [0.05, 0.1) is 11.1 Å². The highest BCUT2D eigenvalue weighted by Crippen LogP contribution is 2.26. The van der Waals surface area contributed by atoms with Crippen LogP contribution in [0.3, 0.4) is 0 Å². The molecule has 1 aliphatic carbocycles. The largest absolute Gasteiger partial charge is 0.348 e. The molecule has 1 atom stereocenters. The quantitative estimate of drug-likeness (QED) is 0.844. The predicted octanol–water partition coefficient (Wildman–Crippen LogP) is 4.03. The Balaban J connectivity index is 1.46. The highest BCUT2D eigenvalue weighted by atomic mass is 35.5. The number of aromatic nitrogens is 1. The summed E-state index contributed by atoms with van der Waals surface area (Å²) in [5, 5.41) is 4.43. The van der Waals surface area contributed by atoms with Crippen molar-refractivity contribution in [1.82, 2.24) is 15.2 Å². The fourth-order valence-corrected chi connectivity index (χ4v) is 4.48. The number of halogens is 1. The molecule has 5 heteroatoms. The van der Waals surface area contributed by atoms with Gasteiger partial charge in [-0.1, -0.05) is 49.1 Å². The van der Waals surface area contributed by atoms with Crippen LogP contribution < -0.4 is 5.32 Å². The van der Waals surface area contributed by atoms with Crippen molar-refractivity contribution in [2.24, 2.45) is 0 Å². The number of fused-ring (bicyclic) bond motifs is 1. The third-order valence-electron chi connectivity index (χ3n) is 5.58. The molecule has 1 amide bonds. The molecule has 0 radical (unpaired) electrons. The molecule has 2 aromatic rings. The van der Waals surface area contributed by atoms with E-state index in [1.165, 1.54) is 32.1 Å². The standard InChI is InChI=1S/C20H24ClN3O/c21-19-12-17(16-8-4-5-9-18(16)23-19)20(25)22-14-10-11-24(13-14)15-6-2-1-3-7-15/h4-5,8-9,12,14-15H,1-3,6-7,10-11,13H2,(H,22,25). The topological polar surface area (TPSA) is 45.2 Å². The zero-order valence-electron chi connectivity index (χ0n) is 14.4. The van der Waals surface area contributed by atoms with Crippen LogP contribution in [-0.4, -0.2) is 41.0 Å². The molecule has 0 spiro atoms. The van der Waals surface area contributed by atoms with E-state index in [1.807, 2.05) is 24.3 Å². The Labute approximate surface area is 153 Å². The van der Waals surface area contributed by atoms with Crippen molar-refractivity contribution in [1.29, 1.82) is 0 Å². The van der Waals surface area contributed by atoms with Gasteiger partial charge in [0.1, 0.15) is 5.15 Å². The van der Waals surface area contributed by atoms with Gasteiger partial charge >= 0.3 is 0 Å². The first-order chi connectivity index (χ1) is 12.2. The lowest BCUT2D eigenvalue weighted by Gasteiger charge is -2.31. The summed E-state index contributed by atoms with van der Waals surface area (Å²) in [5.74, 6) is -0.0454. The molecule has 1 N–H and O–H groups in total. The van der Waals surface area contributed by atoms with E-state index in [4.69, 9.17) is 11.6 Å². The number of benzene rings is 1. The number of hydrogen-bond acceptors (Lipinski definition) is 3. The highest BCUT2D eigenvalue weighted by Gasteiger charge is 2.30. The summed E-state index contributed by atoms with van der Waals surface area (Å²) in [6, 6.07) is 10.3. The molecule has 25 heavy (non-hydrogen) atoms. The Morgan fingerprint density at radius 3 is 2.80 bits per heavy atom. The molecule has 2 heterocycles. The number of likely N-dealkylation sites (tertiary alicyclic amines) is 1. The Bertz CT molecular complexity index is 773. The number of carbonyl (C=O) groups excluding carboxylic acids is 1. The van der Waals surface area contributed by atoms with Crippen molar-refractivity contribution in [3.05, 3.63) is 41.0 Å². The number of hydrogen-bond donors (Lipinski definition) is 1. The van der Waals surface area contributed by atoms with E-state index in [1.54, 1.807) is 6.07 Å². The van der Waals surface area contributed by atoms with Crippen molar-refractivity contribution in [2.75, 3.05) is 13.1 Å². The van der Waals surface area contributed by atoms with Crippen LogP contribution >= 0.6 is 11.6 Å². The Morgan fingerprint density at radius 1 is 1.16 bits per heavy atom. The lowest BCUT2D eigenvalue weighted by molar-refractivity contribution is 0.0936. The van der Waals surface area contributed by atoms with Crippen molar-refractivity contribution in [2.45, 2.75) is 50.6 Å². The van der Waals surface area contributed by atoms with Gasteiger partial charge in [0.25, 0.3) is 5.91 Å². The van der Waals surface area contributed by atoms with E-state index in [9.17, 15) is 4.79 Å². The highest BCUT2D eigenvalue weighted by molar-refractivity contribution is 6.30. The van der Waals surface area contributed by atoms with E-state index in [0.717, 1.165) is 30.4 Å². The molecule has 4 nitrogen and oxygen atoms in total. The van der Waals surface area contributed by atoms with Gasteiger partial charge in [-0.05, 0) is 31.4 Å². The monoisotopic (exact) mass is 357 g/mol. The maximum atomic E-state index is 12.8. The van der Waals surface area contributed by atoms with Crippen molar-refractivity contribution in [3.8, 4) is 0 Å². The molecule has 0 bridgehead atoms. The zero-order valence-corrected chi connectivity index (χ0v) is 15.1. The second-order valence-corrected chi connectivity index (χ2v) is 7.64. The zero-order chi connectivity index (χ0) is 17.2. The summed E-state index contributed by atoms with van der Waals surface area (Å²) in [6.45, 7) is 2.06. The van der Waals surface area contributed by atoms with Gasteiger partial charge < -0.3 is 5.32 Å². The molecule has 1 unspecified atom stereocenters. The molecule has 4 rings (SSSR count). The first-order valence-corrected chi connectivity index (χ1v) is 9.69. The van der Waals surface area contributed by atoms with Crippen molar-refractivity contribution in [3.63, 3.8) is 0 Å². The van der Waals surface area contributed by atoms with Crippen molar-refractivity contribution < 1.29 is 4.79 Å². The van der Waals surface area contributed by atoms with E-state index in [2.05, 4.69) is 15.2 Å². The first-order valence-electron chi connectivity index (χ1n) is 9.31. The van der Waals surface area contributed by atoms with Gasteiger partial charge in [-0.2, -0.15) is 0 Å². The third-order valence-corrected chi connectivity index (χ3v) is 5.77. The summed E-state index contributed by atoms with van der Waals surface area (Å²) < 4.78 is 0. The summed E-state index contributed by atoms with van der Waals surface area (Å²) in [7, 11) is 0. The molecule has 2 fully saturated rings. The van der Waals surface area contributed by atoms with Crippen molar-refractivity contribution >= 4 is 28.4 Å². The summed E-state index contributed by atoms with van der Waals surface area (Å²) in [4.78, 5) is 19.7. The number of rotatable bonds is 3. The van der Waals surface area contributed by atoms with E-state index in [-0.39, 0.29) is 11.9 Å². The van der Waals surface area contributed by atoms with Crippen LogP contribution in [0.2, 0.25) is 5.15 Å². The molecule has 1 saturated carbocycles. The molecule has 1 aromatic carbocycles. The lowest BCUT2D eigenvalue weighted by Crippen LogP contribution is -2.40. The Morgan fingerprint density at radius 2 is 1.96 bits per heavy atom. The van der Waals surface area contributed by atoms with Crippen LogP contribution in [0.1, 0.15) is 48.9 Å². The predicted molar refractivity (Wildman–Crippen MR) is 101 cm³/mol. The molecule has 2 aliphatic rings. The molecule has 132 valence electrons. The van der Waals surface area contributed by atoms with E-state index < -0.39 is 0 Å². The first kappa shape index (κ1) is 16.8. The second kappa shape index (κ2) is 7.30. The summed E-state index contributed by atoms with van der Waals surface area (Å²) in [5.41, 5.74) is 1.38. The van der Waals surface area contributed by atoms with E-state index >= 15 is 0 Å². The fourth-order valence-electron chi connectivity index (χ4n) is 4.28. The average molecular weight is 358 g/mol. The van der Waals surface area contributed by atoms with Gasteiger partial charge in [0, 0.05) is 30.6 Å². The van der Waals surface area contributed by atoms with Crippen LogP contribution in [0, 0.1) is 0 Å². The second-order valence-electron chi connectivity index (χ2n) is 7.26. The number of amides is 1. The number of carbonyl (C=O) groups is 1. The molecule has 1 aromatic heterocycles. The minimum absolute atomic E-state index is 0.0454. The van der Waals surface area contributed by atoms with Gasteiger partial charge in [-0.25, -0.2) is 4.98 Å². The minimum Gasteiger partial charge on any atom is -0.348 e. The Hall–Kier alpha value is -1.65. The van der Waals surface area contributed by atoms with Gasteiger partial charge in [0.2, 0.25) is 0 Å². The number of para-hydroxylation sites is 1. The van der Waals surface area contributed by atoms with Gasteiger partial charge in [-0.3, -0.25) is 9.69 Å². The normalized spacial score (nSPS) is 22.4. The van der Waals surface area contributed by atoms with Crippen LogP contribution in [0.25, 0.3) is 10.9 Å². The number of nitrogens with zero attached hydrogens (tertiary/aromatic N) is 2. The molecular weight excluding hydrogens is 334 g/mol. The number of pyridine rings is 1. The Kier molecular flexibility index (Phi) is 4.91. The smallest absolute Gasteiger partial charge is 0.252 e. The van der Waals surface area contributed by atoms with Crippen LogP contribution in [0.15, 0.2) is 30.3 Å². The van der Waals surface area contributed by atoms with Crippen LogP contribution in [0.5, 0.6) is 0 Å². The molecular formula is C20H24ClN3O. The molecule has 1 aliphatic heterocycles. The lowest BCUT2D eigenvalue weighted by atomic mass is 9.94. The fraction of sp³-hybridized carbons (Fsp3) is 0.500.